The maximum absolute atomic E-state index is 6.89. The van der Waals surface area contributed by atoms with Crippen molar-refractivity contribution >= 4 is 83.1 Å². The summed E-state index contributed by atoms with van der Waals surface area (Å²) < 4.78 is 15.9. The summed E-state index contributed by atoms with van der Waals surface area (Å²) in [7, 11) is 0. The topological polar surface area (TPSA) is 30.5 Å². The maximum atomic E-state index is 6.89. The molecule has 282 valence electrons. The van der Waals surface area contributed by atoms with Crippen molar-refractivity contribution in [3.05, 3.63) is 222 Å². The summed E-state index contributed by atoms with van der Waals surface area (Å²) in [5, 5.41) is 10.7. The zero-order chi connectivity index (χ0) is 39.3. The first kappa shape index (κ1) is 33.2. The van der Waals surface area contributed by atoms with Gasteiger partial charge < -0.3 is 18.6 Å². The molecular weight excluding hydrogens is 733 g/mol. The Bertz CT molecular complexity index is 3660. The van der Waals surface area contributed by atoms with Crippen LogP contribution in [0.2, 0.25) is 0 Å². The Labute approximate surface area is 345 Å². The van der Waals surface area contributed by atoms with E-state index in [4.69, 9.17) is 9.15 Å². The summed E-state index contributed by atoms with van der Waals surface area (Å²) in [6.45, 7) is 0. The molecule has 13 rings (SSSR count). The van der Waals surface area contributed by atoms with Crippen molar-refractivity contribution in [2.45, 2.75) is 12.0 Å². The van der Waals surface area contributed by atoms with Crippen LogP contribution >= 0.6 is 0 Å². The Kier molecular flexibility index (Phi) is 7.10. The van der Waals surface area contributed by atoms with Gasteiger partial charge in [-0.1, -0.05) is 140 Å². The van der Waals surface area contributed by atoms with Gasteiger partial charge in [0.05, 0.1) is 22.5 Å². The summed E-state index contributed by atoms with van der Waals surface area (Å²) in [6.07, 6.45) is 2.22. The highest BCUT2D eigenvalue weighted by atomic mass is 16.5. The van der Waals surface area contributed by atoms with E-state index in [2.05, 4.69) is 204 Å². The van der Waals surface area contributed by atoms with Crippen LogP contribution in [0, 0.1) is 0 Å². The fourth-order valence-electron chi connectivity index (χ4n) is 10.2. The molecule has 9 aromatic carbocycles. The highest BCUT2D eigenvalue weighted by Crippen LogP contribution is 2.47. The van der Waals surface area contributed by atoms with E-state index >= 15 is 0 Å². The van der Waals surface area contributed by atoms with Crippen molar-refractivity contribution < 1.29 is 9.15 Å². The van der Waals surface area contributed by atoms with Crippen LogP contribution in [0.25, 0.3) is 71.7 Å². The molecule has 0 amide bonds. The normalized spacial score (nSPS) is 15.6. The molecule has 2 aromatic heterocycles. The monoisotopic (exact) mass is 768 g/mol. The van der Waals surface area contributed by atoms with Crippen LogP contribution in [0.15, 0.2) is 205 Å². The van der Waals surface area contributed by atoms with E-state index in [1.54, 1.807) is 0 Å². The summed E-state index contributed by atoms with van der Waals surface area (Å²) in [4.78, 5) is 2.35. The summed E-state index contributed by atoms with van der Waals surface area (Å²) >= 11 is 0. The quantitative estimate of drug-likeness (QED) is 0.163. The molecule has 1 aliphatic heterocycles. The van der Waals surface area contributed by atoms with E-state index in [1.165, 1.54) is 48.8 Å². The standard InChI is InChI=1S/C56H36N2O2/c1-3-15-35(16-4-1)54-55-45-30-28-38(57(37-18-5-2-6-19-37)39-27-29-44-43-23-11-13-25-50(43)59-52(44)33-39)32-48(45)58(49(55)34-53-56(54)46-24-12-14-26-51(46)60-53)47-31-36-17-7-8-20-40(36)41-21-9-10-22-42(41)47/h1-34,53,56H. The van der Waals surface area contributed by atoms with Gasteiger partial charge >= 0.3 is 0 Å². The van der Waals surface area contributed by atoms with Crippen LogP contribution in [0.3, 0.4) is 0 Å². The molecule has 0 N–H and O–H groups in total. The van der Waals surface area contributed by atoms with Crippen LogP contribution in [0.4, 0.5) is 17.1 Å². The van der Waals surface area contributed by atoms with E-state index in [1.807, 2.05) is 12.1 Å². The van der Waals surface area contributed by atoms with Gasteiger partial charge in [-0.15, -0.1) is 0 Å². The summed E-state index contributed by atoms with van der Waals surface area (Å²) in [5.41, 5.74) is 10.9. The first-order chi connectivity index (χ1) is 29.8. The van der Waals surface area contributed by atoms with Crippen molar-refractivity contribution in [1.29, 1.82) is 0 Å². The number of ether oxygens (including phenoxy) is 1. The molecule has 2 atom stereocenters. The molecule has 2 unspecified atom stereocenters. The molecule has 0 saturated heterocycles. The highest BCUT2D eigenvalue weighted by molar-refractivity contribution is 6.12. The number of benzene rings is 9. The molecule has 0 saturated carbocycles. The molecule has 60 heavy (non-hydrogen) atoms. The third-order valence-electron chi connectivity index (χ3n) is 12.7. The van der Waals surface area contributed by atoms with Gasteiger partial charge in [0, 0.05) is 55.5 Å². The number of fused-ring (bicyclic) bond motifs is 12. The highest BCUT2D eigenvalue weighted by Gasteiger charge is 2.39. The number of para-hydroxylation sites is 3. The first-order valence-electron chi connectivity index (χ1n) is 20.7. The minimum Gasteiger partial charge on any atom is -0.485 e. The molecule has 2 aliphatic rings. The lowest BCUT2D eigenvalue weighted by Gasteiger charge is -2.25. The predicted molar refractivity (Wildman–Crippen MR) is 247 cm³/mol. The fourth-order valence-corrected chi connectivity index (χ4v) is 10.2. The molecule has 11 aromatic rings. The zero-order valence-corrected chi connectivity index (χ0v) is 32.5. The molecule has 0 fully saturated rings. The number of nitrogens with zero attached hydrogens (tertiary/aromatic N) is 2. The van der Waals surface area contributed by atoms with Gasteiger partial charge in [0.25, 0.3) is 0 Å². The fraction of sp³-hybridized carbons (Fsp3) is 0.0357. The van der Waals surface area contributed by atoms with Crippen molar-refractivity contribution in [2.75, 3.05) is 4.90 Å². The van der Waals surface area contributed by atoms with Crippen molar-refractivity contribution in [3.8, 4) is 11.4 Å². The van der Waals surface area contributed by atoms with E-state index in [9.17, 15) is 0 Å². The lowest BCUT2D eigenvalue weighted by atomic mass is 9.80. The first-order valence-corrected chi connectivity index (χ1v) is 20.7. The van der Waals surface area contributed by atoms with Crippen LogP contribution in [0.5, 0.6) is 5.75 Å². The number of aromatic nitrogens is 1. The van der Waals surface area contributed by atoms with Crippen LogP contribution in [-0.4, -0.2) is 10.7 Å². The van der Waals surface area contributed by atoms with Crippen molar-refractivity contribution in [2.24, 2.45) is 0 Å². The van der Waals surface area contributed by atoms with Crippen LogP contribution in [0.1, 0.15) is 17.0 Å². The van der Waals surface area contributed by atoms with Gasteiger partial charge in [-0.05, 0) is 88.0 Å². The molecule has 0 spiro atoms. The van der Waals surface area contributed by atoms with Gasteiger partial charge in [0.15, 0.2) is 0 Å². The average molecular weight is 769 g/mol. The minimum atomic E-state index is -0.171. The van der Waals surface area contributed by atoms with E-state index in [0.717, 1.165) is 61.3 Å². The average Bonchev–Trinajstić information content (AvgIpc) is 3.97. The third kappa shape index (κ3) is 4.85. The number of anilines is 3. The van der Waals surface area contributed by atoms with E-state index in [0.29, 0.717) is 0 Å². The lowest BCUT2D eigenvalue weighted by molar-refractivity contribution is 0.286. The Morgan fingerprint density at radius 3 is 1.97 bits per heavy atom. The predicted octanol–water partition coefficient (Wildman–Crippen LogP) is 12.8. The number of furan rings is 1. The largest absolute Gasteiger partial charge is 0.485 e. The Morgan fingerprint density at radius 1 is 0.467 bits per heavy atom. The third-order valence-corrected chi connectivity index (χ3v) is 12.7. The van der Waals surface area contributed by atoms with Crippen molar-refractivity contribution in [3.63, 3.8) is 0 Å². The second kappa shape index (κ2) is 12.8. The Hall–Kier alpha value is -7.82. The number of hydrogen-bond acceptors (Lipinski definition) is 3. The molecule has 1 aliphatic carbocycles. The molecule has 0 bridgehead atoms. The second-order valence-corrected chi connectivity index (χ2v) is 16.0. The Balaban J connectivity index is 1.16. The zero-order valence-electron chi connectivity index (χ0n) is 32.5. The minimum absolute atomic E-state index is 0.0412. The second-order valence-electron chi connectivity index (χ2n) is 16.0. The maximum Gasteiger partial charge on any atom is 0.137 e. The van der Waals surface area contributed by atoms with E-state index < -0.39 is 0 Å². The molecule has 3 heterocycles. The van der Waals surface area contributed by atoms with Crippen LogP contribution < -0.4 is 20.2 Å². The van der Waals surface area contributed by atoms with Gasteiger partial charge in [0.1, 0.15) is 23.0 Å². The molecule has 4 heteroatoms. The summed E-state index contributed by atoms with van der Waals surface area (Å²) in [5.74, 6) is 0.996. The number of rotatable bonds is 5. The van der Waals surface area contributed by atoms with Crippen molar-refractivity contribution in [1.82, 2.24) is 4.57 Å². The Morgan fingerprint density at radius 2 is 1.12 bits per heavy atom. The van der Waals surface area contributed by atoms with Gasteiger partial charge in [0.2, 0.25) is 0 Å². The number of hydrogen-bond donors (Lipinski definition) is 0. The lowest BCUT2D eigenvalue weighted by Crippen LogP contribution is -2.40. The van der Waals surface area contributed by atoms with E-state index in [-0.39, 0.29) is 12.0 Å². The smallest absolute Gasteiger partial charge is 0.137 e. The SMILES string of the molecule is C1=c2c(c3ccc(N(c4ccccc4)c4ccc5c(c4)oc4ccccc45)cc3n2-c2cc3ccccc3c3ccccc23)=C(c2ccccc2)C2c3ccccc3OC12. The van der Waals surface area contributed by atoms with Gasteiger partial charge in [-0.2, -0.15) is 0 Å². The summed E-state index contributed by atoms with van der Waals surface area (Å²) in [6, 6.07) is 72.0. The molecular formula is C56H36N2O2. The molecule has 0 radical (unpaired) electrons. The molecule has 4 nitrogen and oxygen atoms in total. The van der Waals surface area contributed by atoms with Crippen LogP contribution in [-0.2, 0) is 0 Å². The van der Waals surface area contributed by atoms with Gasteiger partial charge in [-0.3, -0.25) is 0 Å². The van der Waals surface area contributed by atoms with Gasteiger partial charge in [-0.25, -0.2) is 0 Å².